The molecule has 0 fully saturated rings. The number of carbonyl (C=O) groups excluding carboxylic acids is 1. The van der Waals surface area contributed by atoms with Gasteiger partial charge in [-0.25, -0.2) is 4.39 Å². The van der Waals surface area contributed by atoms with Crippen molar-refractivity contribution in [1.82, 2.24) is 4.79 Å². The molecule has 0 saturated carbocycles. The Morgan fingerprint density at radius 3 is 2.56 bits per heavy atom. The van der Waals surface area contributed by atoms with Gasteiger partial charge in [-0.1, -0.05) is 4.48 Å². The zero-order valence-electron chi connectivity index (χ0n) is 4.34. The lowest BCUT2D eigenvalue weighted by Crippen LogP contribution is -1.89. The van der Waals surface area contributed by atoms with Gasteiger partial charge in [0.05, 0.1) is 0 Å². The van der Waals surface area contributed by atoms with E-state index < -0.39 is 11.5 Å². The van der Waals surface area contributed by atoms with Crippen LogP contribution in [0.2, 0.25) is 0 Å². The minimum atomic E-state index is -0.840. The summed E-state index contributed by atoms with van der Waals surface area (Å²) in [6.45, 7) is 0. The molecule has 48 valence electrons. The van der Waals surface area contributed by atoms with E-state index in [1.807, 2.05) is 0 Å². The van der Waals surface area contributed by atoms with Crippen molar-refractivity contribution in [2.45, 2.75) is 0 Å². The summed E-state index contributed by atoms with van der Waals surface area (Å²) in [6, 6.07) is 0.879. The lowest BCUT2D eigenvalue weighted by Gasteiger charge is -1.84. The Hall–Kier alpha value is -1.19. The first kappa shape index (κ1) is 5.94. The van der Waals surface area contributed by atoms with Crippen LogP contribution in [-0.2, 0) is 0 Å². The first-order valence-corrected chi connectivity index (χ1v) is 2.24. The zero-order valence-corrected chi connectivity index (χ0v) is 4.34. The molecule has 1 rings (SSSR count). The van der Waals surface area contributed by atoms with Gasteiger partial charge in [0, 0.05) is 6.20 Å². The lowest BCUT2D eigenvalue weighted by atomic mass is 10.5. The third-order valence-electron chi connectivity index (χ3n) is 0.938. The molecule has 1 aromatic heterocycles. The Balaban J connectivity index is 3.22. The molecule has 9 heavy (non-hydrogen) atoms. The van der Waals surface area contributed by atoms with Crippen molar-refractivity contribution in [3.63, 3.8) is 0 Å². The summed E-state index contributed by atoms with van der Waals surface area (Å²) >= 11 is 0. The van der Waals surface area contributed by atoms with Crippen LogP contribution in [0.3, 0.4) is 0 Å². The fraction of sp³-hybridized carbons (Fsp3) is 0. The Bertz CT molecular complexity index is 211. The quantitative estimate of drug-likeness (QED) is 0.524. The highest BCUT2D eigenvalue weighted by Crippen LogP contribution is 2.04. The Morgan fingerprint density at radius 2 is 2.33 bits per heavy atom. The van der Waals surface area contributed by atoms with Crippen LogP contribution in [-0.4, -0.2) is 11.1 Å². The number of aromatic nitrogens is 1. The molecule has 0 bridgehead atoms. The summed E-state index contributed by atoms with van der Waals surface area (Å²) in [4.78, 5) is 9.74. The highest BCUT2D eigenvalue weighted by atomic mass is 19.2. The van der Waals surface area contributed by atoms with Crippen LogP contribution in [0.1, 0.15) is 10.5 Å². The second-order valence-electron chi connectivity index (χ2n) is 1.48. The molecule has 0 aliphatic carbocycles. The van der Waals surface area contributed by atoms with E-state index in [1.54, 1.807) is 0 Å². The Labute approximate surface area is 49.6 Å². The third-order valence-corrected chi connectivity index (χ3v) is 0.938. The fourth-order valence-corrected chi connectivity index (χ4v) is 0.505. The van der Waals surface area contributed by atoms with Gasteiger partial charge in [-0.2, -0.15) is 4.79 Å². The topological polar surface area (TPSA) is 22.0 Å². The molecule has 0 saturated heterocycles. The Morgan fingerprint density at radius 1 is 1.67 bits per heavy atom. The zero-order chi connectivity index (χ0) is 6.85. The molecule has 0 aliphatic heterocycles. The smallest absolute Gasteiger partial charge is 0.172 e. The van der Waals surface area contributed by atoms with E-state index in [-0.39, 0.29) is 11.1 Å². The van der Waals surface area contributed by atoms with Crippen LogP contribution in [0.4, 0.5) is 8.87 Å². The molecule has 4 heteroatoms. The van der Waals surface area contributed by atoms with Gasteiger partial charge in [0.15, 0.2) is 12.1 Å². The predicted molar refractivity (Wildman–Crippen MR) is 26.3 cm³/mol. The molecular weight excluding hydrogens is 128 g/mol. The lowest BCUT2D eigenvalue weighted by molar-refractivity contribution is 0.110. The van der Waals surface area contributed by atoms with Gasteiger partial charge in [0.25, 0.3) is 0 Å². The van der Waals surface area contributed by atoms with Crippen LogP contribution in [0.25, 0.3) is 0 Å². The normalized spacial score (nSPS) is 9.56. The molecule has 0 unspecified atom stereocenters. The molecule has 0 N–H and O–H groups in total. The van der Waals surface area contributed by atoms with Crippen molar-refractivity contribution in [2.75, 3.05) is 0 Å². The maximum atomic E-state index is 12.1. The molecular formula is C5H3F2NO. The van der Waals surface area contributed by atoms with Crippen molar-refractivity contribution in [2.24, 2.45) is 0 Å². The standard InChI is InChI=1S/C5H3F2NO/c6-4-1-2-8(7)5(4)3-9/h1-3H. The number of rotatable bonds is 1. The second-order valence-corrected chi connectivity index (χ2v) is 1.48. The van der Waals surface area contributed by atoms with Crippen LogP contribution >= 0.6 is 0 Å². The number of halogens is 2. The van der Waals surface area contributed by atoms with Gasteiger partial charge in [0.1, 0.15) is 5.69 Å². The minimum Gasteiger partial charge on any atom is -0.296 e. The molecule has 0 spiro atoms. The summed E-state index contributed by atoms with van der Waals surface area (Å²) < 4.78 is 24.2. The highest BCUT2D eigenvalue weighted by molar-refractivity contribution is 5.72. The molecule has 0 aliphatic rings. The molecule has 1 aromatic rings. The number of carbonyl (C=O) groups is 1. The first-order valence-electron chi connectivity index (χ1n) is 2.24. The number of nitrogens with zero attached hydrogens (tertiary/aromatic N) is 1. The number of hydrogen-bond donors (Lipinski definition) is 0. The van der Waals surface area contributed by atoms with E-state index in [9.17, 15) is 13.7 Å². The van der Waals surface area contributed by atoms with E-state index in [2.05, 4.69) is 0 Å². The highest BCUT2D eigenvalue weighted by Gasteiger charge is 2.05. The summed E-state index contributed by atoms with van der Waals surface area (Å²) in [6.07, 6.45) is 0.953. The maximum Gasteiger partial charge on any atom is 0.172 e. The molecule has 2 nitrogen and oxygen atoms in total. The molecule has 1 heterocycles. The molecule has 0 amide bonds. The van der Waals surface area contributed by atoms with Crippen LogP contribution in [0.15, 0.2) is 12.3 Å². The van der Waals surface area contributed by atoms with Gasteiger partial charge in [-0.15, -0.1) is 0 Å². The van der Waals surface area contributed by atoms with Crippen molar-refractivity contribution >= 4 is 6.29 Å². The van der Waals surface area contributed by atoms with Crippen molar-refractivity contribution in [1.29, 1.82) is 0 Å². The van der Waals surface area contributed by atoms with Crippen molar-refractivity contribution < 1.29 is 13.7 Å². The van der Waals surface area contributed by atoms with Crippen molar-refractivity contribution in [3.8, 4) is 0 Å². The van der Waals surface area contributed by atoms with E-state index in [1.165, 1.54) is 0 Å². The monoisotopic (exact) mass is 131 g/mol. The molecule has 0 aromatic carbocycles. The number of hydrogen-bond acceptors (Lipinski definition) is 1. The van der Waals surface area contributed by atoms with Gasteiger partial charge in [-0.3, -0.25) is 4.79 Å². The first-order chi connectivity index (χ1) is 4.25. The summed E-state index contributed by atoms with van der Waals surface area (Å²) in [5, 5.41) is 0. The SMILES string of the molecule is O=Cc1c(F)ccn1F. The van der Waals surface area contributed by atoms with Gasteiger partial charge < -0.3 is 0 Å². The van der Waals surface area contributed by atoms with E-state index in [0.717, 1.165) is 12.3 Å². The minimum absolute atomic E-state index is 0.0671. The maximum absolute atomic E-state index is 12.1. The van der Waals surface area contributed by atoms with E-state index >= 15 is 0 Å². The van der Waals surface area contributed by atoms with Crippen molar-refractivity contribution in [3.05, 3.63) is 23.8 Å². The summed E-state index contributed by atoms with van der Waals surface area (Å²) in [5.41, 5.74) is -0.574. The fourth-order valence-electron chi connectivity index (χ4n) is 0.505. The average Bonchev–Trinajstić information content (AvgIpc) is 2.12. The largest absolute Gasteiger partial charge is 0.296 e. The van der Waals surface area contributed by atoms with Gasteiger partial charge in [-0.05, 0) is 6.07 Å². The number of aldehydes is 1. The third kappa shape index (κ3) is 0.826. The second kappa shape index (κ2) is 1.97. The van der Waals surface area contributed by atoms with Gasteiger partial charge in [0.2, 0.25) is 0 Å². The van der Waals surface area contributed by atoms with E-state index in [0.29, 0.717) is 0 Å². The molecule has 0 atom stereocenters. The average molecular weight is 131 g/mol. The summed E-state index contributed by atoms with van der Waals surface area (Å²) in [7, 11) is 0. The predicted octanol–water partition coefficient (Wildman–Crippen LogP) is 1.17. The van der Waals surface area contributed by atoms with Gasteiger partial charge >= 0.3 is 0 Å². The Kier molecular flexibility index (Phi) is 1.30. The molecule has 0 radical (unpaired) electrons. The van der Waals surface area contributed by atoms with Crippen LogP contribution in [0.5, 0.6) is 0 Å². The van der Waals surface area contributed by atoms with Crippen LogP contribution in [0, 0.1) is 5.82 Å². The van der Waals surface area contributed by atoms with E-state index in [4.69, 9.17) is 0 Å². The van der Waals surface area contributed by atoms with Crippen LogP contribution < -0.4 is 0 Å². The summed E-state index contributed by atoms with van der Waals surface area (Å²) in [5.74, 6) is -0.840.